The van der Waals surface area contributed by atoms with Crippen molar-refractivity contribution in [3.05, 3.63) is 59.7 Å². The Morgan fingerprint density at radius 1 is 1.25 bits per heavy atom. The third-order valence-corrected chi connectivity index (χ3v) is 3.34. The highest BCUT2D eigenvalue weighted by Gasteiger charge is 2.15. The molecule has 0 spiro atoms. The van der Waals surface area contributed by atoms with Crippen molar-refractivity contribution < 1.29 is 9.50 Å². The molecule has 4 heteroatoms. The third kappa shape index (κ3) is 3.33. The van der Waals surface area contributed by atoms with E-state index in [0.717, 1.165) is 12.0 Å². The van der Waals surface area contributed by atoms with Gasteiger partial charge in [-0.2, -0.15) is 0 Å². The second-order valence-corrected chi connectivity index (χ2v) is 4.88. The number of aliphatic hydroxyl groups excluding tert-OH is 1. The summed E-state index contributed by atoms with van der Waals surface area (Å²) in [5.74, 6) is -0.305. The van der Waals surface area contributed by atoms with Gasteiger partial charge in [0, 0.05) is 31.5 Å². The lowest BCUT2D eigenvalue weighted by Crippen LogP contribution is -2.23. The van der Waals surface area contributed by atoms with Gasteiger partial charge in [-0.05, 0) is 37.1 Å². The van der Waals surface area contributed by atoms with Crippen molar-refractivity contribution in [2.45, 2.75) is 19.4 Å². The SMILES string of the molecule is C[C@H](O)c1cccc(F)c1N(C)CCc1ccncc1. The van der Waals surface area contributed by atoms with Crippen LogP contribution in [0, 0.1) is 5.82 Å². The number of hydrogen-bond donors (Lipinski definition) is 1. The van der Waals surface area contributed by atoms with Gasteiger partial charge in [-0.1, -0.05) is 12.1 Å². The molecular formula is C16H19FN2O. The monoisotopic (exact) mass is 274 g/mol. The van der Waals surface area contributed by atoms with Crippen LogP contribution in [-0.2, 0) is 6.42 Å². The zero-order valence-electron chi connectivity index (χ0n) is 11.8. The predicted octanol–water partition coefficient (Wildman–Crippen LogP) is 2.95. The summed E-state index contributed by atoms with van der Waals surface area (Å²) < 4.78 is 14.0. The number of anilines is 1. The summed E-state index contributed by atoms with van der Waals surface area (Å²) in [7, 11) is 1.84. The van der Waals surface area contributed by atoms with Crippen molar-refractivity contribution in [3.8, 4) is 0 Å². The lowest BCUT2D eigenvalue weighted by atomic mass is 10.1. The second kappa shape index (κ2) is 6.48. The van der Waals surface area contributed by atoms with E-state index >= 15 is 0 Å². The maximum atomic E-state index is 14.0. The topological polar surface area (TPSA) is 36.4 Å². The largest absolute Gasteiger partial charge is 0.389 e. The van der Waals surface area contributed by atoms with Gasteiger partial charge < -0.3 is 10.0 Å². The zero-order chi connectivity index (χ0) is 14.5. The Balaban J connectivity index is 2.15. The fourth-order valence-corrected chi connectivity index (χ4v) is 2.23. The number of nitrogens with zero attached hydrogens (tertiary/aromatic N) is 2. The molecule has 2 aromatic rings. The summed E-state index contributed by atoms with van der Waals surface area (Å²) in [6.07, 6.45) is 3.61. The van der Waals surface area contributed by atoms with E-state index in [1.807, 2.05) is 24.1 Å². The van der Waals surface area contributed by atoms with Gasteiger partial charge in [0.2, 0.25) is 0 Å². The number of likely N-dealkylation sites (N-methyl/N-ethyl adjacent to an activating group) is 1. The first-order valence-electron chi connectivity index (χ1n) is 6.66. The molecule has 2 rings (SSSR count). The molecular weight excluding hydrogens is 255 g/mol. The third-order valence-electron chi connectivity index (χ3n) is 3.34. The molecule has 1 aromatic heterocycles. The number of aliphatic hydroxyl groups is 1. The van der Waals surface area contributed by atoms with Gasteiger partial charge in [0.05, 0.1) is 11.8 Å². The molecule has 20 heavy (non-hydrogen) atoms. The standard InChI is InChI=1S/C16H19FN2O/c1-12(20)14-4-3-5-15(17)16(14)19(2)11-8-13-6-9-18-10-7-13/h3-7,9-10,12,20H,8,11H2,1-2H3/t12-/m0/s1. The van der Waals surface area contributed by atoms with Crippen LogP contribution in [0.5, 0.6) is 0 Å². The molecule has 1 aromatic carbocycles. The van der Waals surface area contributed by atoms with E-state index in [2.05, 4.69) is 4.98 Å². The first-order valence-corrected chi connectivity index (χ1v) is 6.66. The van der Waals surface area contributed by atoms with Gasteiger partial charge in [-0.15, -0.1) is 0 Å². The van der Waals surface area contributed by atoms with Crippen molar-refractivity contribution >= 4 is 5.69 Å². The average Bonchev–Trinajstić information content (AvgIpc) is 2.45. The maximum absolute atomic E-state index is 14.0. The summed E-state index contributed by atoms with van der Waals surface area (Å²) in [5, 5.41) is 9.76. The minimum Gasteiger partial charge on any atom is -0.389 e. The molecule has 106 valence electrons. The fraction of sp³-hybridized carbons (Fsp3) is 0.312. The lowest BCUT2D eigenvalue weighted by molar-refractivity contribution is 0.199. The fourth-order valence-electron chi connectivity index (χ4n) is 2.23. The number of aromatic nitrogens is 1. The van der Waals surface area contributed by atoms with E-state index in [4.69, 9.17) is 0 Å². The molecule has 1 atom stereocenters. The Kier molecular flexibility index (Phi) is 4.69. The molecule has 0 fully saturated rings. The molecule has 0 saturated carbocycles. The number of hydrogen-bond acceptors (Lipinski definition) is 3. The van der Waals surface area contributed by atoms with E-state index in [9.17, 15) is 9.50 Å². The van der Waals surface area contributed by atoms with Crippen LogP contribution in [0.3, 0.4) is 0 Å². The minimum absolute atomic E-state index is 0.305. The molecule has 3 nitrogen and oxygen atoms in total. The Labute approximate surface area is 118 Å². The van der Waals surface area contributed by atoms with Gasteiger partial charge in [0.1, 0.15) is 5.82 Å². The number of para-hydroxylation sites is 1. The van der Waals surface area contributed by atoms with Crippen LogP contribution < -0.4 is 4.90 Å². The molecule has 0 aliphatic heterocycles. The van der Waals surface area contributed by atoms with Crippen LogP contribution in [0.15, 0.2) is 42.7 Å². The lowest BCUT2D eigenvalue weighted by Gasteiger charge is -2.24. The van der Waals surface area contributed by atoms with Gasteiger partial charge in [-0.3, -0.25) is 4.98 Å². The van der Waals surface area contributed by atoms with Gasteiger partial charge in [0.15, 0.2) is 0 Å². The first-order chi connectivity index (χ1) is 9.59. The van der Waals surface area contributed by atoms with Crippen molar-refractivity contribution in [2.75, 3.05) is 18.5 Å². The summed E-state index contributed by atoms with van der Waals surface area (Å²) in [6.45, 7) is 2.32. The Bertz CT molecular complexity index is 558. The predicted molar refractivity (Wildman–Crippen MR) is 78.2 cm³/mol. The van der Waals surface area contributed by atoms with E-state index in [1.165, 1.54) is 6.07 Å². The number of halogens is 1. The molecule has 0 aliphatic rings. The molecule has 0 unspecified atom stereocenters. The highest BCUT2D eigenvalue weighted by molar-refractivity contribution is 5.55. The van der Waals surface area contributed by atoms with Crippen molar-refractivity contribution in [2.24, 2.45) is 0 Å². The van der Waals surface area contributed by atoms with Gasteiger partial charge in [0.25, 0.3) is 0 Å². The summed E-state index contributed by atoms with van der Waals surface area (Å²) >= 11 is 0. The van der Waals surface area contributed by atoms with E-state index in [1.54, 1.807) is 31.5 Å². The molecule has 0 amide bonds. The molecule has 0 radical (unpaired) electrons. The highest BCUT2D eigenvalue weighted by atomic mass is 19.1. The molecule has 0 bridgehead atoms. The van der Waals surface area contributed by atoms with Crippen LogP contribution in [-0.4, -0.2) is 23.7 Å². The molecule has 0 saturated heterocycles. The molecule has 0 aliphatic carbocycles. The smallest absolute Gasteiger partial charge is 0.146 e. The summed E-state index contributed by atoms with van der Waals surface area (Å²) in [4.78, 5) is 5.82. The summed E-state index contributed by atoms with van der Waals surface area (Å²) in [6, 6.07) is 8.70. The number of benzene rings is 1. The Morgan fingerprint density at radius 2 is 1.95 bits per heavy atom. The van der Waals surface area contributed by atoms with Crippen LogP contribution >= 0.6 is 0 Å². The number of rotatable bonds is 5. The maximum Gasteiger partial charge on any atom is 0.146 e. The zero-order valence-corrected chi connectivity index (χ0v) is 11.8. The van der Waals surface area contributed by atoms with E-state index in [0.29, 0.717) is 17.8 Å². The van der Waals surface area contributed by atoms with E-state index in [-0.39, 0.29) is 5.82 Å². The van der Waals surface area contributed by atoms with Gasteiger partial charge in [-0.25, -0.2) is 4.39 Å². The van der Waals surface area contributed by atoms with Crippen LogP contribution in [0.25, 0.3) is 0 Å². The van der Waals surface area contributed by atoms with Crippen molar-refractivity contribution in [1.82, 2.24) is 4.98 Å². The van der Waals surface area contributed by atoms with Crippen molar-refractivity contribution in [1.29, 1.82) is 0 Å². The Morgan fingerprint density at radius 3 is 2.60 bits per heavy atom. The normalized spacial score (nSPS) is 12.2. The number of pyridine rings is 1. The van der Waals surface area contributed by atoms with Gasteiger partial charge >= 0.3 is 0 Å². The highest BCUT2D eigenvalue weighted by Crippen LogP contribution is 2.28. The van der Waals surface area contributed by atoms with Crippen LogP contribution in [0.4, 0.5) is 10.1 Å². The Hall–Kier alpha value is -1.94. The molecule has 1 heterocycles. The summed E-state index contributed by atoms with van der Waals surface area (Å²) in [5.41, 5.74) is 2.24. The van der Waals surface area contributed by atoms with E-state index < -0.39 is 6.10 Å². The van der Waals surface area contributed by atoms with Crippen LogP contribution in [0.2, 0.25) is 0 Å². The van der Waals surface area contributed by atoms with Crippen LogP contribution in [0.1, 0.15) is 24.2 Å². The average molecular weight is 274 g/mol. The first kappa shape index (κ1) is 14.5. The molecule has 1 N–H and O–H groups in total. The quantitative estimate of drug-likeness (QED) is 0.910. The second-order valence-electron chi connectivity index (χ2n) is 4.88. The minimum atomic E-state index is -0.691. The van der Waals surface area contributed by atoms with Crippen molar-refractivity contribution in [3.63, 3.8) is 0 Å².